The molecule has 0 spiro atoms. The Kier molecular flexibility index (Phi) is 4.94. The summed E-state index contributed by atoms with van der Waals surface area (Å²) >= 11 is 1.63. The average Bonchev–Trinajstić information content (AvgIpc) is 3.03. The van der Waals surface area contributed by atoms with Crippen LogP contribution in [0, 0.1) is 0 Å². The molecule has 0 aliphatic carbocycles. The van der Waals surface area contributed by atoms with Gasteiger partial charge in [-0.25, -0.2) is 0 Å². The van der Waals surface area contributed by atoms with Crippen LogP contribution in [0.1, 0.15) is 47.3 Å². The number of carbonyl (C=O) groups is 1. The topological polar surface area (TPSA) is 67.2 Å². The second-order valence-electron chi connectivity index (χ2n) is 6.26. The summed E-state index contributed by atoms with van der Waals surface area (Å²) in [5.74, 6) is 0.282. The number of rotatable bonds is 2. The first-order valence-electron chi connectivity index (χ1n) is 7.03. The maximum absolute atomic E-state index is 12.4. The van der Waals surface area contributed by atoms with Crippen molar-refractivity contribution in [1.82, 2.24) is 10.5 Å². The van der Waals surface area contributed by atoms with Crippen molar-refractivity contribution in [2.24, 2.45) is 0 Å². The Bertz CT molecular complexity index is 673. The maximum atomic E-state index is 12.4. The van der Waals surface area contributed by atoms with Crippen LogP contribution in [0.3, 0.4) is 0 Å². The van der Waals surface area contributed by atoms with Gasteiger partial charge in [-0.05, 0) is 18.5 Å². The molecule has 5 nitrogen and oxygen atoms in total. The summed E-state index contributed by atoms with van der Waals surface area (Å²) in [5, 5.41) is 12.1. The van der Waals surface area contributed by atoms with Crippen molar-refractivity contribution in [3.63, 3.8) is 0 Å². The lowest BCUT2D eigenvalue weighted by molar-refractivity contribution is 0.102. The molecule has 1 aliphatic heterocycles. The Morgan fingerprint density at radius 3 is 2.91 bits per heavy atom. The second-order valence-corrected chi connectivity index (χ2v) is 7.22. The van der Waals surface area contributed by atoms with Crippen molar-refractivity contribution in [2.45, 2.75) is 39.2 Å². The highest BCUT2D eigenvalue weighted by Crippen LogP contribution is 2.27. The fourth-order valence-corrected chi connectivity index (χ4v) is 3.37. The molecule has 0 saturated carbocycles. The summed E-state index contributed by atoms with van der Waals surface area (Å²) in [4.78, 5) is 13.6. The van der Waals surface area contributed by atoms with Gasteiger partial charge < -0.3 is 9.84 Å². The van der Waals surface area contributed by atoms with E-state index >= 15 is 0 Å². The Hall–Kier alpha value is -1.37. The first-order chi connectivity index (χ1) is 9.95. The molecule has 1 amide bonds. The number of carbonyl (C=O) groups excluding carboxylic acids is 1. The molecule has 2 N–H and O–H groups in total. The number of nitrogens with one attached hydrogen (secondary N) is 2. The number of anilines is 1. The molecule has 0 bridgehead atoms. The third-order valence-electron chi connectivity index (χ3n) is 3.58. The summed E-state index contributed by atoms with van der Waals surface area (Å²) in [7, 11) is 0. The van der Waals surface area contributed by atoms with Gasteiger partial charge in [0.15, 0.2) is 0 Å². The minimum Gasteiger partial charge on any atom is -0.338 e. The maximum Gasteiger partial charge on any atom is 0.259 e. The molecular weight excluding hydrogens is 322 g/mol. The van der Waals surface area contributed by atoms with E-state index in [-0.39, 0.29) is 23.7 Å². The van der Waals surface area contributed by atoms with Gasteiger partial charge in [0.25, 0.3) is 5.91 Å². The standard InChI is InChI=1S/C15H19N3O2S.ClH/c1-15(2,3)12-6-13(20-18-12)17-14(19)10-8-21-11-7-16-5-4-9(10)11;/h6,8,16H,4-5,7H2,1-3H3,(H,17,19);1H. The predicted octanol–water partition coefficient (Wildman–Crippen LogP) is 3.35. The van der Waals surface area contributed by atoms with Crippen LogP contribution in [0.15, 0.2) is 16.0 Å². The van der Waals surface area contributed by atoms with E-state index < -0.39 is 0 Å². The average molecular weight is 342 g/mol. The molecule has 2 aromatic heterocycles. The molecule has 0 saturated heterocycles. The Balaban J connectivity index is 0.00000176. The molecule has 22 heavy (non-hydrogen) atoms. The van der Waals surface area contributed by atoms with Crippen molar-refractivity contribution in [3.05, 3.63) is 33.1 Å². The Morgan fingerprint density at radius 2 is 2.23 bits per heavy atom. The lowest BCUT2D eigenvalue weighted by Crippen LogP contribution is -2.24. The number of fused-ring (bicyclic) bond motifs is 1. The summed E-state index contributed by atoms with van der Waals surface area (Å²) in [5.41, 5.74) is 2.64. The number of hydrogen-bond donors (Lipinski definition) is 2. The Labute approximate surface area is 139 Å². The lowest BCUT2D eigenvalue weighted by atomic mass is 9.92. The fraction of sp³-hybridized carbons (Fsp3) is 0.467. The quantitative estimate of drug-likeness (QED) is 0.879. The van der Waals surface area contributed by atoms with Crippen LogP contribution in [0.25, 0.3) is 0 Å². The van der Waals surface area contributed by atoms with Crippen molar-refractivity contribution in [1.29, 1.82) is 0 Å². The van der Waals surface area contributed by atoms with E-state index in [2.05, 4.69) is 36.6 Å². The minimum absolute atomic E-state index is 0. The van der Waals surface area contributed by atoms with Crippen LogP contribution in [-0.2, 0) is 18.4 Å². The summed E-state index contributed by atoms with van der Waals surface area (Å²) in [6.45, 7) is 7.93. The van der Waals surface area contributed by atoms with Crippen LogP contribution >= 0.6 is 23.7 Å². The highest BCUT2D eigenvalue weighted by atomic mass is 35.5. The van der Waals surface area contributed by atoms with Gasteiger partial charge in [0, 0.05) is 28.3 Å². The summed E-state index contributed by atoms with van der Waals surface area (Å²) in [6, 6.07) is 1.79. The van der Waals surface area contributed by atoms with Crippen molar-refractivity contribution in [3.8, 4) is 0 Å². The monoisotopic (exact) mass is 341 g/mol. The number of thiophene rings is 1. The molecule has 1 aliphatic rings. The number of aromatic nitrogens is 1. The van der Waals surface area contributed by atoms with Gasteiger partial charge in [-0.15, -0.1) is 23.7 Å². The lowest BCUT2D eigenvalue weighted by Gasteiger charge is -2.13. The van der Waals surface area contributed by atoms with E-state index in [0.717, 1.165) is 36.3 Å². The van der Waals surface area contributed by atoms with Gasteiger partial charge in [0.05, 0.1) is 11.3 Å². The molecule has 3 rings (SSSR count). The molecule has 0 radical (unpaired) electrons. The van der Waals surface area contributed by atoms with Crippen LogP contribution in [0.4, 0.5) is 5.88 Å². The van der Waals surface area contributed by atoms with Gasteiger partial charge in [0.2, 0.25) is 5.88 Å². The van der Waals surface area contributed by atoms with E-state index in [0.29, 0.717) is 5.88 Å². The van der Waals surface area contributed by atoms with Crippen molar-refractivity contribution >= 4 is 35.5 Å². The molecule has 7 heteroatoms. The van der Waals surface area contributed by atoms with Gasteiger partial charge in [-0.1, -0.05) is 25.9 Å². The van der Waals surface area contributed by atoms with Gasteiger partial charge >= 0.3 is 0 Å². The van der Waals surface area contributed by atoms with Gasteiger partial charge in [-0.3, -0.25) is 10.1 Å². The largest absolute Gasteiger partial charge is 0.338 e. The van der Waals surface area contributed by atoms with E-state index in [9.17, 15) is 4.79 Å². The van der Waals surface area contributed by atoms with Crippen LogP contribution in [0.5, 0.6) is 0 Å². The zero-order valence-corrected chi connectivity index (χ0v) is 14.5. The highest BCUT2D eigenvalue weighted by molar-refractivity contribution is 7.10. The van der Waals surface area contributed by atoms with E-state index in [1.807, 2.05) is 5.38 Å². The van der Waals surface area contributed by atoms with E-state index in [1.54, 1.807) is 17.4 Å². The normalized spacial score (nSPS) is 14.1. The van der Waals surface area contributed by atoms with Crippen LogP contribution in [-0.4, -0.2) is 17.6 Å². The zero-order valence-electron chi connectivity index (χ0n) is 12.9. The molecule has 3 heterocycles. The predicted molar refractivity (Wildman–Crippen MR) is 90.1 cm³/mol. The number of nitrogens with zero attached hydrogens (tertiary/aromatic N) is 1. The van der Waals surface area contributed by atoms with Crippen molar-refractivity contribution < 1.29 is 9.32 Å². The molecule has 0 unspecified atom stereocenters. The van der Waals surface area contributed by atoms with Gasteiger partial charge in [0.1, 0.15) is 0 Å². The van der Waals surface area contributed by atoms with Gasteiger partial charge in [-0.2, -0.15) is 0 Å². The fourth-order valence-electron chi connectivity index (χ4n) is 2.32. The second kappa shape index (κ2) is 6.40. The highest BCUT2D eigenvalue weighted by Gasteiger charge is 2.23. The third-order valence-corrected chi connectivity index (χ3v) is 4.61. The first kappa shape index (κ1) is 17.0. The molecule has 2 aromatic rings. The molecule has 0 atom stereocenters. The van der Waals surface area contributed by atoms with Crippen molar-refractivity contribution in [2.75, 3.05) is 11.9 Å². The minimum atomic E-state index is -0.119. The number of halogens is 1. The van der Waals surface area contributed by atoms with E-state index in [1.165, 1.54) is 4.88 Å². The summed E-state index contributed by atoms with van der Waals surface area (Å²) < 4.78 is 5.21. The third kappa shape index (κ3) is 3.34. The van der Waals surface area contributed by atoms with Crippen LogP contribution < -0.4 is 10.6 Å². The molecule has 0 fully saturated rings. The Morgan fingerprint density at radius 1 is 1.45 bits per heavy atom. The van der Waals surface area contributed by atoms with E-state index in [4.69, 9.17) is 4.52 Å². The summed E-state index contributed by atoms with van der Waals surface area (Å²) in [6.07, 6.45) is 0.894. The molecule has 120 valence electrons. The van der Waals surface area contributed by atoms with Crippen LogP contribution in [0.2, 0.25) is 0 Å². The zero-order chi connectivity index (χ0) is 15.0. The number of hydrogen-bond acceptors (Lipinski definition) is 5. The smallest absolute Gasteiger partial charge is 0.259 e. The first-order valence-corrected chi connectivity index (χ1v) is 7.91. The number of amides is 1. The SMILES string of the molecule is CC(C)(C)c1cc(NC(=O)c2csc3c2CCNC3)on1.Cl. The molecular formula is C15H20ClN3O2S. The molecule has 0 aromatic carbocycles.